The molecule has 1 aliphatic rings. The standard InChI is InChI=1S/C20H19BrClF2NO2/c1-20(2,3)27-19(26)25-16(11-5-4-6-12(22)9-11)8-7-13-17(24)15(23)10-14(21)18(13)25/h4-6,9-10,16H,7-8H2,1-3H3. The zero-order chi connectivity index (χ0) is 19.9. The molecule has 3 rings (SSSR count). The van der Waals surface area contributed by atoms with E-state index in [0.717, 1.165) is 11.6 Å². The van der Waals surface area contributed by atoms with E-state index in [1.807, 2.05) is 6.07 Å². The van der Waals surface area contributed by atoms with E-state index in [-0.39, 0.29) is 12.0 Å². The lowest BCUT2D eigenvalue weighted by Crippen LogP contribution is -2.42. The molecular weight excluding hydrogens is 440 g/mol. The van der Waals surface area contributed by atoms with Gasteiger partial charge in [0.2, 0.25) is 0 Å². The average Bonchev–Trinajstić information content (AvgIpc) is 2.57. The molecule has 0 saturated heterocycles. The predicted octanol–water partition coefficient (Wildman–Crippen LogP) is 6.81. The van der Waals surface area contributed by atoms with Crippen molar-refractivity contribution in [1.82, 2.24) is 0 Å². The van der Waals surface area contributed by atoms with Crippen LogP contribution in [0.5, 0.6) is 0 Å². The van der Waals surface area contributed by atoms with Gasteiger partial charge in [-0.2, -0.15) is 0 Å². The Hall–Kier alpha value is -1.66. The van der Waals surface area contributed by atoms with E-state index < -0.39 is 29.4 Å². The molecule has 3 nitrogen and oxygen atoms in total. The lowest BCUT2D eigenvalue weighted by Gasteiger charge is -2.39. The summed E-state index contributed by atoms with van der Waals surface area (Å²) in [6.45, 7) is 5.26. The van der Waals surface area contributed by atoms with Crippen LogP contribution in [0.1, 0.15) is 44.4 Å². The highest BCUT2D eigenvalue weighted by molar-refractivity contribution is 9.10. The quantitative estimate of drug-likeness (QED) is 0.439. The SMILES string of the molecule is CC(C)(C)OC(=O)N1c2c(Br)cc(F)c(F)c2CCC1c1cccc(Cl)c1. The fourth-order valence-electron chi connectivity index (χ4n) is 3.25. The van der Waals surface area contributed by atoms with Crippen LogP contribution in [0.2, 0.25) is 5.02 Å². The topological polar surface area (TPSA) is 29.5 Å². The molecule has 0 aromatic heterocycles. The molecule has 0 bridgehead atoms. The second-order valence-corrected chi connectivity index (χ2v) is 8.73. The molecule has 0 radical (unpaired) electrons. The van der Waals surface area contributed by atoms with Crippen molar-refractivity contribution in [3.05, 3.63) is 62.6 Å². The fourth-order valence-corrected chi connectivity index (χ4v) is 4.08. The second-order valence-electron chi connectivity index (χ2n) is 7.44. The number of benzene rings is 2. The van der Waals surface area contributed by atoms with Gasteiger partial charge in [0.15, 0.2) is 11.6 Å². The largest absolute Gasteiger partial charge is 0.443 e. The minimum Gasteiger partial charge on any atom is -0.443 e. The van der Waals surface area contributed by atoms with Gasteiger partial charge in [-0.15, -0.1) is 0 Å². The number of carbonyl (C=O) groups excluding carboxylic acids is 1. The molecule has 0 aliphatic carbocycles. The number of rotatable bonds is 1. The van der Waals surface area contributed by atoms with E-state index in [1.165, 1.54) is 4.90 Å². The molecule has 0 spiro atoms. The van der Waals surface area contributed by atoms with E-state index in [4.69, 9.17) is 16.3 Å². The summed E-state index contributed by atoms with van der Waals surface area (Å²) in [5, 5.41) is 0.534. The Morgan fingerprint density at radius 3 is 2.63 bits per heavy atom. The Bertz CT molecular complexity index is 898. The van der Waals surface area contributed by atoms with Crippen molar-refractivity contribution in [3.8, 4) is 0 Å². The third kappa shape index (κ3) is 4.11. The van der Waals surface area contributed by atoms with Crippen LogP contribution in [0.25, 0.3) is 0 Å². The molecule has 1 aliphatic heterocycles. The number of anilines is 1. The van der Waals surface area contributed by atoms with E-state index in [1.54, 1.807) is 39.0 Å². The summed E-state index contributed by atoms with van der Waals surface area (Å²) >= 11 is 9.41. The van der Waals surface area contributed by atoms with Crippen LogP contribution in [0, 0.1) is 11.6 Å². The number of ether oxygens (including phenoxy) is 1. The summed E-state index contributed by atoms with van der Waals surface area (Å²) in [5.41, 5.74) is 0.513. The van der Waals surface area contributed by atoms with Gasteiger partial charge in [0.1, 0.15) is 5.60 Å². The van der Waals surface area contributed by atoms with Crippen molar-refractivity contribution in [2.45, 2.75) is 45.3 Å². The number of halogens is 4. The normalized spacial score (nSPS) is 16.9. The van der Waals surface area contributed by atoms with E-state index in [9.17, 15) is 13.6 Å². The van der Waals surface area contributed by atoms with E-state index >= 15 is 0 Å². The highest BCUT2D eigenvalue weighted by Crippen LogP contribution is 2.45. The van der Waals surface area contributed by atoms with Gasteiger partial charge in [0.25, 0.3) is 0 Å². The highest BCUT2D eigenvalue weighted by Gasteiger charge is 2.38. The van der Waals surface area contributed by atoms with Gasteiger partial charge in [-0.3, -0.25) is 4.90 Å². The lowest BCUT2D eigenvalue weighted by molar-refractivity contribution is 0.0559. The van der Waals surface area contributed by atoms with Gasteiger partial charge < -0.3 is 4.74 Å². The van der Waals surface area contributed by atoms with Gasteiger partial charge in [-0.1, -0.05) is 23.7 Å². The molecule has 2 aromatic rings. The third-order valence-corrected chi connectivity index (χ3v) is 5.12. The summed E-state index contributed by atoms with van der Waals surface area (Å²) in [4.78, 5) is 14.4. The molecule has 2 aromatic carbocycles. The number of amides is 1. The Labute approximate surface area is 170 Å². The van der Waals surface area contributed by atoms with Gasteiger partial charge in [-0.05, 0) is 73.3 Å². The first-order valence-electron chi connectivity index (χ1n) is 8.52. The highest BCUT2D eigenvalue weighted by atomic mass is 79.9. The average molecular weight is 459 g/mol. The van der Waals surface area contributed by atoms with Crippen molar-refractivity contribution < 1.29 is 18.3 Å². The van der Waals surface area contributed by atoms with Crippen LogP contribution < -0.4 is 4.90 Å². The first-order chi connectivity index (χ1) is 12.6. The van der Waals surface area contributed by atoms with Crippen LogP contribution in [0.15, 0.2) is 34.8 Å². The molecule has 144 valence electrons. The maximum atomic E-state index is 14.4. The van der Waals surface area contributed by atoms with Gasteiger partial charge in [0, 0.05) is 15.1 Å². The van der Waals surface area contributed by atoms with E-state index in [0.29, 0.717) is 21.6 Å². The fraction of sp³-hybridized carbons (Fsp3) is 0.350. The molecule has 0 fully saturated rings. The minimum atomic E-state index is -0.953. The summed E-state index contributed by atoms with van der Waals surface area (Å²) in [7, 11) is 0. The van der Waals surface area contributed by atoms with Crippen LogP contribution in [0.3, 0.4) is 0 Å². The third-order valence-electron chi connectivity index (χ3n) is 4.28. The maximum Gasteiger partial charge on any atom is 0.415 e. The molecule has 0 saturated carbocycles. The molecule has 27 heavy (non-hydrogen) atoms. The van der Waals surface area contributed by atoms with Gasteiger partial charge in [0.05, 0.1) is 11.7 Å². The molecule has 0 N–H and O–H groups in total. The van der Waals surface area contributed by atoms with Crippen molar-refractivity contribution in [1.29, 1.82) is 0 Å². The van der Waals surface area contributed by atoms with Gasteiger partial charge in [-0.25, -0.2) is 13.6 Å². The monoisotopic (exact) mass is 457 g/mol. The lowest BCUT2D eigenvalue weighted by atomic mass is 9.91. The number of hydrogen-bond donors (Lipinski definition) is 0. The Morgan fingerprint density at radius 1 is 1.30 bits per heavy atom. The summed E-state index contributed by atoms with van der Waals surface area (Å²) in [5.74, 6) is -1.89. The summed E-state index contributed by atoms with van der Waals surface area (Å²) in [6.07, 6.45) is 0.0769. The van der Waals surface area contributed by atoms with Crippen molar-refractivity contribution in [2.24, 2.45) is 0 Å². The Kier molecular flexibility index (Phi) is 5.50. The van der Waals surface area contributed by atoms with E-state index in [2.05, 4.69) is 15.9 Å². The van der Waals surface area contributed by atoms with Crippen LogP contribution in [0.4, 0.5) is 19.3 Å². The minimum absolute atomic E-state index is 0.158. The molecule has 1 amide bonds. The maximum absolute atomic E-state index is 14.4. The second kappa shape index (κ2) is 7.40. The van der Waals surface area contributed by atoms with Crippen molar-refractivity contribution in [2.75, 3.05) is 4.90 Å². The Balaban J connectivity index is 2.16. The smallest absolute Gasteiger partial charge is 0.415 e. The number of fused-ring (bicyclic) bond motifs is 1. The number of nitrogens with zero attached hydrogens (tertiary/aromatic N) is 1. The first-order valence-corrected chi connectivity index (χ1v) is 9.69. The van der Waals surface area contributed by atoms with Crippen LogP contribution in [-0.4, -0.2) is 11.7 Å². The molecule has 1 unspecified atom stereocenters. The van der Waals surface area contributed by atoms with Gasteiger partial charge >= 0.3 is 6.09 Å². The van der Waals surface area contributed by atoms with Crippen molar-refractivity contribution >= 4 is 39.3 Å². The number of carbonyl (C=O) groups is 1. The Morgan fingerprint density at radius 2 is 2.00 bits per heavy atom. The summed E-state index contributed by atoms with van der Waals surface area (Å²) in [6, 6.07) is 7.78. The molecular formula is C20H19BrClF2NO2. The predicted molar refractivity (Wildman–Crippen MR) is 105 cm³/mol. The summed E-state index contributed by atoms with van der Waals surface area (Å²) < 4.78 is 34.2. The number of hydrogen-bond acceptors (Lipinski definition) is 2. The zero-order valence-corrected chi connectivity index (χ0v) is 17.5. The van der Waals surface area contributed by atoms with Crippen LogP contribution >= 0.6 is 27.5 Å². The van der Waals surface area contributed by atoms with Crippen LogP contribution in [-0.2, 0) is 11.2 Å². The molecule has 1 heterocycles. The molecule has 7 heteroatoms. The molecule has 1 atom stereocenters. The first kappa shape index (κ1) is 20.1. The van der Waals surface area contributed by atoms with Crippen molar-refractivity contribution in [3.63, 3.8) is 0 Å². The zero-order valence-electron chi connectivity index (χ0n) is 15.2.